The zero-order chi connectivity index (χ0) is 17.7. The molecule has 1 spiro atoms. The molecule has 5 aliphatic rings. The van der Waals surface area contributed by atoms with Gasteiger partial charge in [-0.2, -0.15) is 0 Å². The van der Waals surface area contributed by atoms with Crippen molar-refractivity contribution in [2.75, 3.05) is 19.7 Å². The molecule has 2 bridgehead atoms. The summed E-state index contributed by atoms with van der Waals surface area (Å²) in [5, 5.41) is 22.5. The van der Waals surface area contributed by atoms with Gasteiger partial charge in [0.15, 0.2) is 11.5 Å². The predicted molar refractivity (Wildman–Crippen MR) is 94.4 cm³/mol. The first-order valence-electron chi connectivity index (χ1n) is 10.0. The fraction of sp³-hybridized carbons (Fsp3) is 0.667. The molecule has 0 unspecified atom stereocenters. The summed E-state index contributed by atoms with van der Waals surface area (Å²) in [7, 11) is 0. The zero-order valence-electron chi connectivity index (χ0n) is 14.9. The number of aromatic hydroxyl groups is 1. The molecule has 2 saturated carbocycles. The molecule has 2 aliphatic heterocycles. The Bertz CT molecular complexity index is 818. The summed E-state index contributed by atoms with van der Waals surface area (Å²) < 4.78 is 5.89. The van der Waals surface area contributed by atoms with Gasteiger partial charge in [0.05, 0.1) is 18.1 Å². The maximum atomic E-state index is 12.8. The fourth-order valence-corrected chi connectivity index (χ4v) is 6.61. The minimum absolute atomic E-state index is 0.0652. The second kappa shape index (κ2) is 4.82. The lowest BCUT2D eigenvalue weighted by atomic mass is 9.45. The van der Waals surface area contributed by atoms with Gasteiger partial charge in [0, 0.05) is 30.0 Å². The summed E-state index contributed by atoms with van der Waals surface area (Å²) in [6.45, 7) is 2.26. The molecule has 26 heavy (non-hydrogen) atoms. The molecular formula is C21H25NO4. The normalized spacial score (nSPS) is 40.7. The lowest BCUT2D eigenvalue weighted by molar-refractivity contribution is -0.196. The van der Waals surface area contributed by atoms with Crippen molar-refractivity contribution in [2.24, 2.45) is 11.8 Å². The first-order valence-corrected chi connectivity index (χ1v) is 10.0. The van der Waals surface area contributed by atoms with E-state index in [1.165, 1.54) is 12.8 Å². The van der Waals surface area contributed by atoms with E-state index in [1.54, 1.807) is 6.07 Å². The zero-order valence-corrected chi connectivity index (χ0v) is 14.9. The van der Waals surface area contributed by atoms with Crippen LogP contribution in [0.5, 0.6) is 11.5 Å². The highest BCUT2D eigenvalue weighted by atomic mass is 16.5. The highest BCUT2D eigenvalue weighted by molar-refractivity contribution is 5.86. The molecule has 0 amide bonds. The van der Waals surface area contributed by atoms with E-state index >= 15 is 0 Å². The molecule has 0 radical (unpaired) electrons. The molecule has 2 N–H and O–H groups in total. The van der Waals surface area contributed by atoms with Gasteiger partial charge < -0.3 is 14.9 Å². The average molecular weight is 355 g/mol. The fourth-order valence-electron chi connectivity index (χ4n) is 6.61. The summed E-state index contributed by atoms with van der Waals surface area (Å²) in [6, 6.07) is 3.75. The van der Waals surface area contributed by atoms with E-state index in [0.29, 0.717) is 18.6 Å². The molecule has 3 fully saturated rings. The van der Waals surface area contributed by atoms with Crippen LogP contribution in [0.3, 0.4) is 0 Å². The Morgan fingerprint density at radius 1 is 1.27 bits per heavy atom. The van der Waals surface area contributed by atoms with E-state index in [0.717, 1.165) is 43.0 Å². The Kier molecular flexibility index (Phi) is 2.86. The Hall–Kier alpha value is -1.59. The molecule has 138 valence electrons. The van der Waals surface area contributed by atoms with E-state index in [1.807, 2.05) is 6.07 Å². The number of rotatable bonds is 2. The van der Waals surface area contributed by atoms with Crippen LogP contribution in [-0.2, 0) is 16.6 Å². The number of Topliss-reactive ketones (excluding diaryl/α,β-unsaturated/α-hetero) is 1. The third-order valence-electron chi connectivity index (χ3n) is 7.96. The van der Waals surface area contributed by atoms with E-state index in [2.05, 4.69) is 4.90 Å². The summed E-state index contributed by atoms with van der Waals surface area (Å²) in [5.74, 6) is 1.35. The summed E-state index contributed by atoms with van der Waals surface area (Å²) in [6.07, 6.45) is 5.12. The minimum Gasteiger partial charge on any atom is -0.504 e. The number of hydrogen-bond donors (Lipinski definition) is 2. The molecular weight excluding hydrogens is 330 g/mol. The Morgan fingerprint density at radius 2 is 2.12 bits per heavy atom. The molecule has 6 rings (SSSR count). The highest BCUT2D eigenvalue weighted by Gasteiger charge is 2.70. The number of carbonyl (C=O) groups excluding carboxylic acids is 1. The predicted octanol–water partition coefficient (Wildman–Crippen LogP) is 1.77. The summed E-state index contributed by atoms with van der Waals surface area (Å²) >= 11 is 0. The van der Waals surface area contributed by atoms with Crippen LogP contribution in [0.15, 0.2) is 12.1 Å². The lowest BCUT2D eigenvalue weighted by Gasteiger charge is -2.66. The first kappa shape index (κ1) is 15.5. The number of piperidine rings is 1. The maximum Gasteiger partial charge on any atom is 0.165 e. The quantitative estimate of drug-likeness (QED) is 0.846. The molecule has 1 saturated heterocycles. The van der Waals surface area contributed by atoms with Gasteiger partial charge in [0.1, 0.15) is 5.78 Å². The first-order chi connectivity index (χ1) is 12.5. The van der Waals surface area contributed by atoms with Crippen LogP contribution in [-0.4, -0.2) is 52.2 Å². The molecule has 2 heterocycles. The van der Waals surface area contributed by atoms with Crippen molar-refractivity contribution in [1.82, 2.24) is 4.90 Å². The largest absolute Gasteiger partial charge is 0.504 e. The van der Waals surface area contributed by atoms with Crippen LogP contribution in [0.4, 0.5) is 0 Å². The van der Waals surface area contributed by atoms with Crippen molar-refractivity contribution < 1.29 is 19.7 Å². The highest BCUT2D eigenvalue weighted by Crippen LogP contribution is 2.64. The third kappa shape index (κ3) is 1.67. The van der Waals surface area contributed by atoms with Gasteiger partial charge in [0.25, 0.3) is 0 Å². The third-order valence-corrected chi connectivity index (χ3v) is 7.96. The van der Waals surface area contributed by atoms with Crippen LogP contribution >= 0.6 is 0 Å². The molecule has 1 aromatic carbocycles. The van der Waals surface area contributed by atoms with E-state index in [9.17, 15) is 15.0 Å². The van der Waals surface area contributed by atoms with Gasteiger partial charge in [-0.1, -0.05) is 6.07 Å². The number of nitrogens with zero attached hydrogens (tertiary/aromatic N) is 1. The Balaban J connectivity index is 1.59. The molecule has 1 aromatic rings. The number of carbonyl (C=O) groups is 1. The van der Waals surface area contributed by atoms with Crippen LogP contribution < -0.4 is 4.74 Å². The number of likely N-dealkylation sites (tertiary alicyclic amines) is 1. The SMILES string of the molecule is O=C1CC[C@@]2(O)[C@H]3Cc4ccc(O)c5c4[C@@]2(CCN3CC2CC2)[C@H]1CO5. The van der Waals surface area contributed by atoms with E-state index < -0.39 is 11.0 Å². The maximum absolute atomic E-state index is 12.8. The van der Waals surface area contributed by atoms with Gasteiger partial charge in [-0.25, -0.2) is 0 Å². The second-order valence-corrected chi connectivity index (χ2v) is 9.08. The molecule has 4 atom stereocenters. The number of ether oxygens (including phenoxy) is 1. The number of benzene rings is 1. The summed E-state index contributed by atoms with van der Waals surface area (Å²) in [4.78, 5) is 15.3. The van der Waals surface area contributed by atoms with Crippen molar-refractivity contribution in [3.05, 3.63) is 23.3 Å². The minimum atomic E-state index is -0.905. The number of phenolic OH excluding ortho intramolecular Hbond substituents is 1. The number of ketones is 1. The lowest BCUT2D eigenvalue weighted by Crippen LogP contribution is -2.77. The summed E-state index contributed by atoms with van der Waals surface area (Å²) in [5.41, 5.74) is 0.587. The van der Waals surface area contributed by atoms with Gasteiger partial charge >= 0.3 is 0 Å². The molecule has 5 nitrogen and oxygen atoms in total. The molecule has 3 aliphatic carbocycles. The monoisotopic (exact) mass is 355 g/mol. The topological polar surface area (TPSA) is 70.0 Å². The molecule has 5 heteroatoms. The van der Waals surface area contributed by atoms with Crippen LogP contribution in [0.2, 0.25) is 0 Å². The Morgan fingerprint density at radius 3 is 2.92 bits per heavy atom. The van der Waals surface area contributed by atoms with Crippen molar-refractivity contribution >= 4 is 5.78 Å². The van der Waals surface area contributed by atoms with Crippen LogP contribution in [0.25, 0.3) is 0 Å². The van der Waals surface area contributed by atoms with E-state index in [4.69, 9.17) is 4.74 Å². The van der Waals surface area contributed by atoms with E-state index in [-0.39, 0.29) is 30.1 Å². The van der Waals surface area contributed by atoms with Crippen LogP contribution in [0.1, 0.15) is 43.2 Å². The molecule has 0 aromatic heterocycles. The van der Waals surface area contributed by atoms with Gasteiger partial charge in [-0.15, -0.1) is 0 Å². The van der Waals surface area contributed by atoms with Crippen molar-refractivity contribution in [3.63, 3.8) is 0 Å². The number of phenols is 1. The van der Waals surface area contributed by atoms with Crippen LogP contribution in [0, 0.1) is 11.8 Å². The number of aliphatic hydroxyl groups is 1. The van der Waals surface area contributed by atoms with Crippen molar-refractivity contribution in [1.29, 1.82) is 0 Å². The number of hydrogen-bond acceptors (Lipinski definition) is 5. The second-order valence-electron chi connectivity index (χ2n) is 9.08. The van der Waals surface area contributed by atoms with Gasteiger partial charge in [-0.3, -0.25) is 9.69 Å². The van der Waals surface area contributed by atoms with Crippen molar-refractivity contribution in [2.45, 2.75) is 55.6 Å². The smallest absolute Gasteiger partial charge is 0.165 e. The Labute approximate surface area is 152 Å². The standard InChI is InChI=1S/C21H25NO4/c23-15-5-6-21(25)17-9-13-3-4-16(24)19-18(13)20(21,14(15)11-26-19)7-8-22(17)10-12-1-2-12/h3-4,12,14,17,24-25H,1-2,5-11H2/t14-,17+,20+,21+/m0/s1. The van der Waals surface area contributed by atoms with Gasteiger partial charge in [0.2, 0.25) is 0 Å². The average Bonchev–Trinajstić information content (AvgIpc) is 3.43. The van der Waals surface area contributed by atoms with Crippen molar-refractivity contribution in [3.8, 4) is 11.5 Å². The van der Waals surface area contributed by atoms with Gasteiger partial charge in [-0.05, 0) is 56.2 Å².